The van der Waals surface area contributed by atoms with Gasteiger partial charge < -0.3 is 14.1 Å². The first-order chi connectivity index (χ1) is 8.79. The number of benzene rings is 1. The molecule has 0 saturated heterocycles. The van der Waals surface area contributed by atoms with Crippen LogP contribution in [0.15, 0.2) is 45.8 Å². The first-order valence-corrected chi connectivity index (χ1v) is 5.57. The summed E-state index contributed by atoms with van der Waals surface area (Å²) >= 11 is 0. The van der Waals surface area contributed by atoms with Gasteiger partial charge in [-0.3, -0.25) is 4.57 Å². The van der Waals surface area contributed by atoms with E-state index in [-0.39, 0.29) is 5.69 Å². The standard InChI is InChI=1S/C13H12N2O3/c1-17-11-6-2-5-10-12(11)15(13(16)14-10)8-9-4-3-7-18-9/h2-7H,8H2,1H3,(H,14,16). The van der Waals surface area contributed by atoms with Crippen molar-refractivity contribution in [1.82, 2.24) is 9.55 Å². The van der Waals surface area contributed by atoms with Crippen LogP contribution in [-0.2, 0) is 6.54 Å². The Morgan fingerprint density at radius 1 is 1.33 bits per heavy atom. The highest BCUT2D eigenvalue weighted by Gasteiger charge is 2.12. The van der Waals surface area contributed by atoms with Gasteiger partial charge in [-0.15, -0.1) is 0 Å². The molecule has 0 fully saturated rings. The lowest BCUT2D eigenvalue weighted by molar-refractivity contribution is 0.416. The van der Waals surface area contributed by atoms with Crippen LogP contribution in [0.3, 0.4) is 0 Å². The van der Waals surface area contributed by atoms with Gasteiger partial charge in [-0.2, -0.15) is 0 Å². The number of imidazole rings is 1. The van der Waals surface area contributed by atoms with Crippen molar-refractivity contribution in [1.29, 1.82) is 0 Å². The number of hydrogen-bond donors (Lipinski definition) is 1. The fraction of sp³-hybridized carbons (Fsp3) is 0.154. The quantitative estimate of drug-likeness (QED) is 0.766. The number of nitrogens with one attached hydrogen (secondary N) is 1. The van der Waals surface area contributed by atoms with Gasteiger partial charge in [-0.25, -0.2) is 4.79 Å². The number of para-hydroxylation sites is 1. The number of furan rings is 1. The molecule has 0 bridgehead atoms. The first kappa shape index (κ1) is 10.7. The van der Waals surface area contributed by atoms with Gasteiger partial charge in [0.25, 0.3) is 0 Å². The Labute approximate surface area is 103 Å². The van der Waals surface area contributed by atoms with Crippen molar-refractivity contribution in [3.63, 3.8) is 0 Å². The van der Waals surface area contributed by atoms with Crippen LogP contribution in [0.1, 0.15) is 5.76 Å². The van der Waals surface area contributed by atoms with Crippen molar-refractivity contribution in [2.75, 3.05) is 7.11 Å². The third kappa shape index (κ3) is 1.60. The molecular weight excluding hydrogens is 232 g/mol. The molecule has 0 aliphatic heterocycles. The van der Waals surface area contributed by atoms with E-state index in [0.717, 1.165) is 16.8 Å². The lowest BCUT2D eigenvalue weighted by Gasteiger charge is -2.05. The molecule has 0 spiro atoms. The molecule has 2 aromatic heterocycles. The molecule has 1 aromatic carbocycles. The molecule has 0 atom stereocenters. The lowest BCUT2D eigenvalue weighted by Crippen LogP contribution is -2.17. The zero-order valence-corrected chi connectivity index (χ0v) is 9.84. The molecular formula is C13H12N2O3. The molecule has 2 heterocycles. The minimum Gasteiger partial charge on any atom is -0.494 e. The second-order valence-electron chi connectivity index (χ2n) is 3.95. The van der Waals surface area contributed by atoms with Crippen molar-refractivity contribution in [2.45, 2.75) is 6.54 Å². The monoisotopic (exact) mass is 244 g/mol. The maximum atomic E-state index is 11.9. The predicted molar refractivity (Wildman–Crippen MR) is 66.9 cm³/mol. The number of nitrogens with zero attached hydrogens (tertiary/aromatic N) is 1. The second kappa shape index (κ2) is 4.10. The average Bonchev–Trinajstić information content (AvgIpc) is 2.98. The summed E-state index contributed by atoms with van der Waals surface area (Å²) in [4.78, 5) is 14.7. The number of methoxy groups -OCH3 is 1. The Kier molecular flexibility index (Phi) is 2.44. The normalized spacial score (nSPS) is 10.9. The van der Waals surface area contributed by atoms with Gasteiger partial charge in [0.1, 0.15) is 17.0 Å². The number of aromatic amines is 1. The topological polar surface area (TPSA) is 60.2 Å². The number of ether oxygens (including phenoxy) is 1. The number of H-pyrrole nitrogens is 1. The van der Waals surface area contributed by atoms with Gasteiger partial charge in [-0.05, 0) is 24.3 Å². The largest absolute Gasteiger partial charge is 0.494 e. The fourth-order valence-corrected chi connectivity index (χ4v) is 2.06. The Hall–Kier alpha value is -2.43. The maximum absolute atomic E-state index is 11.9. The van der Waals surface area contributed by atoms with Crippen LogP contribution in [0.4, 0.5) is 0 Å². The fourth-order valence-electron chi connectivity index (χ4n) is 2.06. The molecule has 0 unspecified atom stereocenters. The van der Waals surface area contributed by atoms with Gasteiger partial charge in [-0.1, -0.05) is 6.07 Å². The molecule has 1 N–H and O–H groups in total. The minimum absolute atomic E-state index is 0.175. The number of rotatable bonds is 3. The van der Waals surface area contributed by atoms with E-state index < -0.39 is 0 Å². The summed E-state index contributed by atoms with van der Waals surface area (Å²) < 4.78 is 12.2. The highest BCUT2D eigenvalue weighted by Crippen LogP contribution is 2.23. The zero-order valence-electron chi connectivity index (χ0n) is 9.84. The van der Waals surface area contributed by atoms with Gasteiger partial charge in [0, 0.05) is 0 Å². The van der Waals surface area contributed by atoms with Crippen molar-refractivity contribution in [3.8, 4) is 5.75 Å². The molecule has 0 radical (unpaired) electrons. The maximum Gasteiger partial charge on any atom is 0.326 e. The van der Waals surface area contributed by atoms with E-state index in [9.17, 15) is 4.79 Å². The van der Waals surface area contributed by atoms with Crippen molar-refractivity contribution >= 4 is 11.0 Å². The number of aromatic nitrogens is 2. The summed E-state index contributed by atoms with van der Waals surface area (Å²) in [5, 5.41) is 0. The third-order valence-electron chi connectivity index (χ3n) is 2.87. The van der Waals surface area contributed by atoms with E-state index >= 15 is 0 Å². The molecule has 0 saturated carbocycles. The van der Waals surface area contributed by atoms with Crippen LogP contribution in [0.25, 0.3) is 11.0 Å². The third-order valence-corrected chi connectivity index (χ3v) is 2.87. The molecule has 5 heteroatoms. The number of fused-ring (bicyclic) bond motifs is 1. The minimum atomic E-state index is -0.175. The van der Waals surface area contributed by atoms with Crippen LogP contribution in [-0.4, -0.2) is 16.7 Å². The summed E-state index contributed by atoms with van der Waals surface area (Å²) in [5.74, 6) is 1.39. The summed E-state index contributed by atoms with van der Waals surface area (Å²) in [6, 6.07) is 9.15. The molecule has 0 aliphatic rings. The Morgan fingerprint density at radius 3 is 2.94 bits per heavy atom. The Balaban J connectivity index is 2.21. The predicted octanol–water partition coefficient (Wildman–Crippen LogP) is 1.98. The summed E-state index contributed by atoms with van der Waals surface area (Å²) in [5.41, 5.74) is 1.33. The molecule has 3 aromatic rings. The lowest BCUT2D eigenvalue weighted by atomic mass is 10.3. The van der Waals surface area contributed by atoms with E-state index in [1.165, 1.54) is 0 Å². The van der Waals surface area contributed by atoms with Crippen LogP contribution < -0.4 is 10.4 Å². The molecule has 18 heavy (non-hydrogen) atoms. The van der Waals surface area contributed by atoms with Gasteiger partial charge in [0.15, 0.2) is 0 Å². The summed E-state index contributed by atoms with van der Waals surface area (Å²) in [6.45, 7) is 0.381. The smallest absolute Gasteiger partial charge is 0.326 e. The van der Waals surface area contributed by atoms with Gasteiger partial charge in [0.2, 0.25) is 0 Å². The van der Waals surface area contributed by atoms with Crippen LogP contribution >= 0.6 is 0 Å². The Morgan fingerprint density at radius 2 is 2.22 bits per heavy atom. The highest BCUT2D eigenvalue weighted by molar-refractivity contribution is 5.82. The van der Waals surface area contributed by atoms with Gasteiger partial charge in [0.05, 0.1) is 25.4 Å². The van der Waals surface area contributed by atoms with Gasteiger partial charge >= 0.3 is 5.69 Å². The van der Waals surface area contributed by atoms with E-state index in [4.69, 9.17) is 9.15 Å². The molecule has 3 rings (SSSR count). The molecule has 5 nitrogen and oxygen atoms in total. The SMILES string of the molecule is COc1cccc2[nH]c(=O)n(Cc3ccco3)c12. The molecule has 92 valence electrons. The highest BCUT2D eigenvalue weighted by atomic mass is 16.5. The van der Waals surface area contributed by atoms with Crippen molar-refractivity contribution < 1.29 is 9.15 Å². The zero-order chi connectivity index (χ0) is 12.5. The van der Waals surface area contributed by atoms with E-state index in [0.29, 0.717) is 12.3 Å². The summed E-state index contributed by atoms with van der Waals surface area (Å²) in [7, 11) is 1.59. The van der Waals surface area contributed by atoms with Crippen LogP contribution in [0.2, 0.25) is 0 Å². The first-order valence-electron chi connectivity index (χ1n) is 5.57. The summed E-state index contributed by atoms with van der Waals surface area (Å²) in [6.07, 6.45) is 1.59. The van der Waals surface area contributed by atoms with Crippen molar-refractivity contribution in [2.24, 2.45) is 0 Å². The molecule has 0 amide bonds. The van der Waals surface area contributed by atoms with E-state index in [1.807, 2.05) is 24.3 Å². The van der Waals surface area contributed by atoms with E-state index in [2.05, 4.69) is 4.98 Å². The van der Waals surface area contributed by atoms with Crippen LogP contribution in [0.5, 0.6) is 5.75 Å². The van der Waals surface area contributed by atoms with Crippen LogP contribution in [0, 0.1) is 0 Å². The molecule has 0 aliphatic carbocycles. The average molecular weight is 244 g/mol. The second-order valence-corrected chi connectivity index (χ2v) is 3.95. The Bertz CT molecular complexity index is 722. The van der Waals surface area contributed by atoms with Crippen molar-refractivity contribution in [3.05, 3.63) is 52.8 Å². The number of hydrogen-bond acceptors (Lipinski definition) is 3. The van der Waals surface area contributed by atoms with E-state index in [1.54, 1.807) is 24.0 Å².